The molecule has 8 nitrogen and oxygen atoms in total. The number of methoxy groups -OCH3 is 2. The highest BCUT2D eigenvalue weighted by atomic mass is 16.6. The van der Waals surface area contributed by atoms with Gasteiger partial charge < -0.3 is 28.6 Å². The minimum Gasteiger partial charge on any atom is -0.496 e. The largest absolute Gasteiger partial charge is 0.496 e. The van der Waals surface area contributed by atoms with Crippen LogP contribution in [-0.4, -0.2) is 62.6 Å². The van der Waals surface area contributed by atoms with Crippen LogP contribution in [-0.2, 0) is 27.2 Å². The summed E-state index contributed by atoms with van der Waals surface area (Å²) >= 11 is 0. The Balaban J connectivity index is 1.25. The van der Waals surface area contributed by atoms with Gasteiger partial charge in [0.1, 0.15) is 22.7 Å². The molecule has 242 valence electrons. The number of nitrogens with zero attached hydrogens (tertiary/aromatic N) is 1. The predicted octanol–water partition coefficient (Wildman–Crippen LogP) is 7.57. The van der Waals surface area contributed by atoms with Crippen LogP contribution < -0.4 is 9.47 Å². The normalized spacial score (nSPS) is 16.6. The van der Waals surface area contributed by atoms with Gasteiger partial charge in [-0.15, -0.1) is 0 Å². The number of esters is 1. The summed E-state index contributed by atoms with van der Waals surface area (Å²) < 4.78 is 28.5. The summed E-state index contributed by atoms with van der Waals surface area (Å²) in [7, 11) is 3.01. The number of piperidine rings is 1. The monoisotopic (exact) mass is 625 g/mol. The Bertz CT molecular complexity index is 1620. The lowest BCUT2D eigenvalue weighted by atomic mass is 9.86. The minimum atomic E-state index is -0.571. The van der Waals surface area contributed by atoms with E-state index >= 15 is 0 Å². The molecule has 46 heavy (non-hydrogen) atoms. The lowest BCUT2D eigenvalue weighted by molar-refractivity contribution is -0.0359. The number of carbonyl (C=O) groups excluding carboxylic acids is 2. The molecule has 2 atom stereocenters. The second kappa shape index (κ2) is 14.7. The molecule has 8 heteroatoms. The standard InChI is InChI=1S/C38H43NO7/c1-38(2,3)46-37(41)39-21-19-31(34(24-39)45-25-27-15-16-28-9-6-7-10-30(28)23-27)29-17-13-26(14-18-29)20-22-44-36(40)35-32(42-4)11-8-12-33(35)43-5/h6-18,23,31,34H,19-22,24-25H2,1-5H3. The minimum absolute atomic E-state index is 0.101. The summed E-state index contributed by atoms with van der Waals surface area (Å²) in [5.41, 5.74) is 2.98. The fourth-order valence-electron chi connectivity index (χ4n) is 5.81. The zero-order valence-electron chi connectivity index (χ0n) is 27.3. The van der Waals surface area contributed by atoms with Gasteiger partial charge in [0.05, 0.1) is 40.1 Å². The van der Waals surface area contributed by atoms with E-state index in [9.17, 15) is 9.59 Å². The SMILES string of the molecule is COc1cccc(OC)c1C(=O)OCCc1ccc(C2CCN(C(=O)OC(C)(C)C)CC2OCc2ccc3ccccc3c2)cc1. The molecule has 4 aromatic rings. The first kappa shape index (κ1) is 32.8. The van der Waals surface area contributed by atoms with Crippen molar-refractivity contribution in [3.63, 3.8) is 0 Å². The second-order valence-electron chi connectivity index (χ2n) is 12.5. The Labute approximate surface area is 271 Å². The zero-order chi connectivity index (χ0) is 32.7. The topological polar surface area (TPSA) is 83.5 Å². The van der Waals surface area contributed by atoms with E-state index in [0.29, 0.717) is 37.6 Å². The Morgan fingerprint density at radius 1 is 0.826 bits per heavy atom. The van der Waals surface area contributed by atoms with E-state index in [2.05, 4.69) is 54.6 Å². The molecule has 1 saturated heterocycles. The first-order valence-corrected chi connectivity index (χ1v) is 15.7. The van der Waals surface area contributed by atoms with E-state index in [1.807, 2.05) is 32.9 Å². The Kier molecular flexibility index (Phi) is 10.5. The van der Waals surface area contributed by atoms with Crippen molar-refractivity contribution < 1.29 is 33.3 Å². The summed E-state index contributed by atoms with van der Waals surface area (Å²) in [6.07, 6.45) is 0.776. The highest BCUT2D eigenvalue weighted by Gasteiger charge is 2.35. The molecule has 4 aromatic carbocycles. The number of carbonyl (C=O) groups is 2. The number of likely N-dealkylation sites (tertiary alicyclic amines) is 1. The molecule has 0 aliphatic carbocycles. The zero-order valence-corrected chi connectivity index (χ0v) is 27.3. The van der Waals surface area contributed by atoms with E-state index < -0.39 is 11.6 Å². The average Bonchev–Trinajstić information content (AvgIpc) is 3.06. The summed E-state index contributed by atoms with van der Waals surface area (Å²) in [6.45, 7) is 7.31. The highest BCUT2D eigenvalue weighted by molar-refractivity contribution is 5.95. The highest BCUT2D eigenvalue weighted by Crippen LogP contribution is 2.33. The van der Waals surface area contributed by atoms with Crippen LogP contribution in [0, 0.1) is 0 Å². The Morgan fingerprint density at radius 2 is 1.50 bits per heavy atom. The Hall–Kier alpha value is -4.56. The predicted molar refractivity (Wildman–Crippen MR) is 178 cm³/mol. The average molecular weight is 626 g/mol. The smallest absolute Gasteiger partial charge is 0.410 e. The fraction of sp³-hybridized carbons (Fsp3) is 0.368. The molecule has 1 fully saturated rings. The van der Waals surface area contributed by atoms with Gasteiger partial charge in [-0.25, -0.2) is 9.59 Å². The summed E-state index contributed by atoms with van der Waals surface area (Å²) in [5.74, 6) is 0.422. The van der Waals surface area contributed by atoms with E-state index in [1.54, 1.807) is 23.1 Å². The second-order valence-corrected chi connectivity index (χ2v) is 12.5. The van der Waals surface area contributed by atoms with Gasteiger partial charge >= 0.3 is 12.1 Å². The Morgan fingerprint density at radius 3 is 2.17 bits per heavy atom. The molecule has 5 rings (SSSR count). The lowest BCUT2D eigenvalue weighted by Gasteiger charge is -2.39. The van der Waals surface area contributed by atoms with Gasteiger partial charge in [-0.05, 0) is 72.9 Å². The van der Waals surface area contributed by atoms with Crippen LogP contribution in [0.2, 0.25) is 0 Å². The molecule has 0 radical (unpaired) electrons. The van der Waals surface area contributed by atoms with Crippen molar-refractivity contribution in [1.82, 2.24) is 4.90 Å². The molecule has 2 unspecified atom stereocenters. The van der Waals surface area contributed by atoms with E-state index in [4.69, 9.17) is 23.7 Å². The van der Waals surface area contributed by atoms with Crippen LogP contribution in [0.4, 0.5) is 4.79 Å². The van der Waals surface area contributed by atoms with Gasteiger partial charge in [-0.1, -0.05) is 66.7 Å². The maximum atomic E-state index is 13.0. The number of ether oxygens (including phenoxy) is 5. The summed E-state index contributed by atoms with van der Waals surface area (Å²) in [6, 6.07) is 28.2. The molecular weight excluding hydrogens is 582 g/mol. The van der Waals surface area contributed by atoms with E-state index in [1.165, 1.54) is 25.0 Å². The first-order valence-electron chi connectivity index (χ1n) is 15.7. The molecular formula is C38H43NO7. The molecule has 0 aromatic heterocycles. The number of benzene rings is 4. The van der Waals surface area contributed by atoms with Crippen LogP contribution in [0.5, 0.6) is 11.5 Å². The van der Waals surface area contributed by atoms with Gasteiger partial charge in [0.2, 0.25) is 0 Å². The van der Waals surface area contributed by atoms with Crippen molar-refractivity contribution in [3.05, 3.63) is 107 Å². The number of fused-ring (bicyclic) bond motifs is 1. The third-order valence-corrected chi connectivity index (χ3v) is 8.15. The van der Waals surface area contributed by atoms with Gasteiger partial charge in [-0.2, -0.15) is 0 Å². The van der Waals surface area contributed by atoms with Gasteiger partial charge in [0.25, 0.3) is 0 Å². The maximum Gasteiger partial charge on any atom is 0.410 e. The number of hydrogen-bond donors (Lipinski definition) is 0. The van der Waals surface area contributed by atoms with Crippen LogP contribution in [0.1, 0.15) is 60.2 Å². The van der Waals surface area contributed by atoms with Crippen LogP contribution in [0.15, 0.2) is 84.9 Å². The third-order valence-electron chi connectivity index (χ3n) is 8.15. The van der Waals surface area contributed by atoms with Crippen molar-refractivity contribution in [2.45, 2.75) is 57.8 Å². The quantitative estimate of drug-likeness (QED) is 0.168. The molecule has 1 aliphatic rings. The summed E-state index contributed by atoms with van der Waals surface area (Å²) in [4.78, 5) is 27.6. The molecule has 1 heterocycles. The van der Waals surface area contributed by atoms with Crippen LogP contribution in [0.25, 0.3) is 10.8 Å². The van der Waals surface area contributed by atoms with Crippen LogP contribution in [0.3, 0.4) is 0 Å². The number of hydrogen-bond acceptors (Lipinski definition) is 7. The van der Waals surface area contributed by atoms with Gasteiger partial charge in [-0.3, -0.25) is 0 Å². The molecule has 0 bridgehead atoms. The molecule has 0 spiro atoms. The number of rotatable bonds is 10. The van der Waals surface area contributed by atoms with Gasteiger partial charge in [0.15, 0.2) is 0 Å². The van der Waals surface area contributed by atoms with Crippen molar-refractivity contribution in [2.75, 3.05) is 33.9 Å². The third kappa shape index (κ3) is 8.17. The van der Waals surface area contributed by atoms with Crippen molar-refractivity contribution >= 4 is 22.8 Å². The molecule has 0 N–H and O–H groups in total. The van der Waals surface area contributed by atoms with Crippen molar-refractivity contribution in [2.24, 2.45) is 0 Å². The number of amides is 1. The van der Waals surface area contributed by atoms with Crippen molar-refractivity contribution in [3.8, 4) is 11.5 Å². The van der Waals surface area contributed by atoms with Crippen LogP contribution >= 0.6 is 0 Å². The first-order chi connectivity index (χ1) is 22.1. The molecule has 1 aliphatic heterocycles. The van der Waals surface area contributed by atoms with E-state index in [-0.39, 0.29) is 30.3 Å². The maximum absolute atomic E-state index is 13.0. The molecule has 0 saturated carbocycles. The summed E-state index contributed by atoms with van der Waals surface area (Å²) in [5, 5.41) is 2.36. The molecule has 1 amide bonds. The van der Waals surface area contributed by atoms with Crippen molar-refractivity contribution in [1.29, 1.82) is 0 Å². The lowest BCUT2D eigenvalue weighted by Crippen LogP contribution is -2.48. The fourth-order valence-corrected chi connectivity index (χ4v) is 5.81. The van der Waals surface area contributed by atoms with E-state index in [0.717, 1.165) is 23.1 Å². The van der Waals surface area contributed by atoms with Gasteiger partial charge in [0, 0.05) is 18.9 Å².